The van der Waals surface area contributed by atoms with Crippen LogP contribution in [0.25, 0.3) is 11.0 Å². The quantitative estimate of drug-likeness (QED) is 0.561. The number of aryl methyl sites for hydroxylation is 1. The number of aromatic nitrogens is 2. The number of amides is 3. The molecule has 2 fully saturated rings. The first kappa shape index (κ1) is 21.8. The van der Waals surface area contributed by atoms with Crippen molar-refractivity contribution in [1.82, 2.24) is 19.4 Å². The Bertz CT molecular complexity index is 1190. The average Bonchev–Trinajstić information content (AvgIpc) is 3.03. The van der Waals surface area contributed by atoms with Crippen molar-refractivity contribution in [3.63, 3.8) is 0 Å². The second kappa shape index (κ2) is 9.01. The lowest BCUT2D eigenvalue weighted by Crippen LogP contribution is -2.44. The Balaban J connectivity index is 1.52. The van der Waals surface area contributed by atoms with E-state index < -0.39 is 11.9 Å². The Morgan fingerprint density at radius 2 is 1.94 bits per heavy atom. The van der Waals surface area contributed by atoms with Crippen LogP contribution >= 0.6 is 0 Å². The maximum atomic E-state index is 12.9. The summed E-state index contributed by atoms with van der Waals surface area (Å²) in [7, 11) is 1.65. The first-order chi connectivity index (χ1) is 15.4. The second-order valence-corrected chi connectivity index (χ2v) is 8.17. The highest BCUT2D eigenvalue weighted by Gasteiger charge is 2.31. The summed E-state index contributed by atoms with van der Waals surface area (Å²) in [5, 5.41) is 2.31. The highest BCUT2D eigenvalue weighted by molar-refractivity contribution is 6.00. The molecule has 1 N–H and O–H groups in total. The van der Waals surface area contributed by atoms with Crippen molar-refractivity contribution >= 4 is 28.8 Å². The summed E-state index contributed by atoms with van der Waals surface area (Å²) < 4.78 is 8.79. The van der Waals surface area contributed by atoms with Gasteiger partial charge in [-0.25, -0.2) is 4.79 Å². The van der Waals surface area contributed by atoms with E-state index in [1.165, 1.54) is 9.13 Å². The molecule has 3 heterocycles. The summed E-state index contributed by atoms with van der Waals surface area (Å²) >= 11 is 0. The number of hydrogen-bond donors (Lipinski definition) is 1. The van der Waals surface area contributed by atoms with E-state index in [0.29, 0.717) is 29.7 Å². The summed E-state index contributed by atoms with van der Waals surface area (Å²) in [6, 6.07) is 4.68. The lowest BCUT2D eigenvalue weighted by atomic mass is 10.1. The number of hydrogen-bond acceptors (Lipinski definition) is 5. The highest BCUT2D eigenvalue weighted by atomic mass is 16.5. The van der Waals surface area contributed by atoms with Gasteiger partial charge in [-0.15, -0.1) is 0 Å². The molecule has 2 aliphatic rings. The zero-order valence-electron chi connectivity index (χ0n) is 18.2. The van der Waals surface area contributed by atoms with E-state index in [9.17, 15) is 19.2 Å². The number of piperidine rings is 2. The predicted octanol–water partition coefficient (Wildman–Crippen LogP) is 0.697. The molecule has 2 saturated heterocycles. The minimum atomic E-state index is -0.726. The maximum absolute atomic E-state index is 12.9. The number of nitrogens with one attached hydrogen (secondary N) is 1. The molecule has 4 rings (SSSR count). The summed E-state index contributed by atoms with van der Waals surface area (Å²) in [5.74, 6) is 5.42. The molecule has 0 spiro atoms. The van der Waals surface area contributed by atoms with Crippen LogP contribution in [0.5, 0.6) is 0 Å². The molecule has 9 nitrogen and oxygen atoms in total. The minimum absolute atomic E-state index is 0.0775. The third-order valence-electron chi connectivity index (χ3n) is 6.13. The zero-order chi connectivity index (χ0) is 22.8. The lowest BCUT2D eigenvalue weighted by Gasteiger charge is -2.30. The van der Waals surface area contributed by atoms with E-state index in [1.54, 1.807) is 26.1 Å². The van der Waals surface area contributed by atoms with Gasteiger partial charge in [-0.05, 0) is 31.4 Å². The van der Waals surface area contributed by atoms with Crippen molar-refractivity contribution < 1.29 is 19.1 Å². The third kappa shape index (κ3) is 4.18. The van der Waals surface area contributed by atoms with Crippen LogP contribution in [0.3, 0.4) is 0 Å². The van der Waals surface area contributed by atoms with Gasteiger partial charge in [-0.1, -0.05) is 17.9 Å². The zero-order valence-corrected chi connectivity index (χ0v) is 18.2. The Hall–Kier alpha value is -3.38. The van der Waals surface area contributed by atoms with Gasteiger partial charge in [-0.2, -0.15) is 0 Å². The van der Waals surface area contributed by atoms with Crippen molar-refractivity contribution in [3.05, 3.63) is 34.2 Å². The van der Waals surface area contributed by atoms with Crippen LogP contribution in [0.15, 0.2) is 23.0 Å². The Kier molecular flexibility index (Phi) is 6.15. The van der Waals surface area contributed by atoms with Crippen LogP contribution in [0.1, 0.15) is 44.2 Å². The van der Waals surface area contributed by atoms with Crippen LogP contribution in [-0.4, -0.2) is 57.6 Å². The molecule has 1 aromatic heterocycles. The fourth-order valence-electron chi connectivity index (χ4n) is 4.40. The molecule has 1 unspecified atom stereocenters. The Morgan fingerprint density at radius 1 is 1.19 bits per heavy atom. The number of imidazole rings is 1. The summed E-state index contributed by atoms with van der Waals surface area (Å²) in [5.41, 5.74) is 1.60. The number of carbonyl (C=O) groups excluding carboxylic acids is 3. The largest absolute Gasteiger partial charge is 0.365 e. The van der Waals surface area contributed by atoms with Gasteiger partial charge in [0.25, 0.3) is 0 Å². The summed E-state index contributed by atoms with van der Waals surface area (Å²) in [6.45, 7) is 3.22. The van der Waals surface area contributed by atoms with Gasteiger partial charge < -0.3 is 9.64 Å². The number of para-hydroxylation sites is 1. The van der Waals surface area contributed by atoms with Gasteiger partial charge in [0.15, 0.2) is 0 Å². The molecular weight excluding hydrogens is 412 g/mol. The number of imide groups is 1. The maximum Gasteiger partial charge on any atom is 0.329 e. The van der Waals surface area contributed by atoms with Crippen LogP contribution in [0, 0.1) is 11.8 Å². The van der Waals surface area contributed by atoms with Crippen molar-refractivity contribution in [2.45, 2.75) is 44.8 Å². The molecule has 0 radical (unpaired) electrons. The number of rotatable bonds is 3. The topological polar surface area (TPSA) is 103 Å². The van der Waals surface area contributed by atoms with E-state index in [1.807, 2.05) is 11.0 Å². The first-order valence-electron chi connectivity index (χ1n) is 10.8. The predicted molar refractivity (Wildman–Crippen MR) is 117 cm³/mol. The number of likely N-dealkylation sites (tertiary alicyclic amines) is 1. The number of fused-ring (bicyclic) bond motifs is 1. The van der Waals surface area contributed by atoms with Gasteiger partial charge in [0, 0.05) is 33.5 Å². The average molecular weight is 438 g/mol. The molecule has 168 valence electrons. The fraction of sp³-hybridized carbons (Fsp3) is 0.478. The molecule has 1 atom stereocenters. The molecule has 0 aliphatic carbocycles. The van der Waals surface area contributed by atoms with Crippen LogP contribution in [0.4, 0.5) is 0 Å². The van der Waals surface area contributed by atoms with Crippen molar-refractivity contribution in [2.75, 3.05) is 19.7 Å². The summed E-state index contributed by atoms with van der Waals surface area (Å²) in [4.78, 5) is 50.0. The molecule has 0 saturated carbocycles. The Labute approximate surface area is 185 Å². The number of ether oxygens (including phenoxy) is 1. The second-order valence-electron chi connectivity index (χ2n) is 8.17. The monoisotopic (exact) mass is 438 g/mol. The first-order valence-corrected chi connectivity index (χ1v) is 10.8. The number of nitrogens with zero attached hydrogens (tertiary/aromatic N) is 3. The van der Waals surface area contributed by atoms with E-state index in [0.717, 1.165) is 12.8 Å². The van der Waals surface area contributed by atoms with Crippen LogP contribution in [0.2, 0.25) is 0 Å². The minimum Gasteiger partial charge on any atom is -0.365 e. The molecule has 9 heteroatoms. The number of benzene rings is 1. The van der Waals surface area contributed by atoms with Gasteiger partial charge >= 0.3 is 5.69 Å². The number of carbonyl (C=O) groups is 3. The van der Waals surface area contributed by atoms with Gasteiger partial charge in [-0.3, -0.25) is 28.8 Å². The van der Waals surface area contributed by atoms with Crippen molar-refractivity contribution in [3.8, 4) is 11.8 Å². The van der Waals surface area contributed by atoms with Crippen LogP contribution < -0.4 is 11.0 Å². The third-order valence-corrected chi connectivity index (χ3v) is 6.13. The molecule has 32 heavy (non-hydrogen) atoms. The van der Waals surface area contributed by atoms with Gasteiger partial charge in [0.1, 0.15) is 12.6 Å². The van der Waals surface area contributed by atoms with Gasteiger partial charge in [0.05, 0.1) is 22.7 Å². The van der Waals surface area contributed by atoms with E-state index in [4.69, 9.17) is 4.74 Å². The molecule has 0 bridgehead atoms. The highest BCUT2D eigenvalue weighted by Crippen LogP contribution is 2.24. The Morgan fingerprint density at radius 3 is 2.62 bits per heavy atom. The molecule has 2 aromatic rings. The van der Waals surface area contributed by atoms with Crippen molar-refractivity contribution in [1.29, 1.82) is 0 Å². The summed E-state index contributed by atoms with van der Waals surface area (Å²) in [6.07, 6.45) is 2.14. The van der Waals surface area contributed by atoms with E-state index in [-0.39, 0.29) is 43.1 Å². The van der Waals surface area contributed by atoms with E-state index in [2.05, 4.69) is 17.2 Å². The molecule has 1 aromatic carbocycles. The smallest absolute Gasteiger partial charge is 0.329 e. The van der Waals surface area contributed by atoms with Gasteiger partial charge in [0.2, 0.25) is 17.7 Å². The SMILES string of the molecule is CC(=O)N1CCC(OCC#Cc2cccc3c2n(C)c(=O)n3C2CCC(=O)NC2=O)CC1. The van der Waals surface area contributed by atoms with E-state index >= 15 is 0 Å². The van der Waals surface area contributed by atoms with Crippen molar-refractivity contribution in [2.24, 2.45) is 7.05 Å². The van der Waals surface area contributed by atoms with Crippen LogP contribution in [-0.2, 0) is 26.2 Å². The normalized spacial score (nSPS) is 19.6. The fourth-order valence-corrected chi connectivity index (χ4v) is 4.40. The lowest BCUT2D eigenvalue weighted by molar-refractivity contribution is -0.136. The molecule has 3 amide bonds. The molecule has 2 aliphatic heterocycles. The molecular formula is C23H26N4O5. The standard InChI is InChI=1S/C23H26N4O5/c1-15(28)26-12-10-17(11-13-26)32-14-4-6-16-5-3-7-18-21(16)25(2)23(31)27(18)19-8-9-20(29)24-22(19)30/h3,5,7,17,19H,8-14H2,1-2H3,(H,24,29,30).